The highest BCUT2D eigenvalue weighted by Gasteiger charge is 2.20. The van der Waals surface area contributed by atoms with Crippen LogP contribution in [0.2, 0.25) is 0 Å². The first-order chi connectivity index (χ1) is 10.2. The molecule has 0 saturated heterocycles. The predicted molar refractivity (Wildman–Crippen MR) is 81.7 cm³/mol. The lowest BCUT2D eigenvalue weighted by Crippen LogP contribution is -2.22. The van der Waals surface area contributed by atoms with Crippen LogP contribution in [0.1, 0.15) is 31.1 Å². The molecule has 0 spiro atoms. The van der Waals surface area contributed by atoms with Crippen LogP contribution in [0.3, 0.4) is 0 Å². The van der Waals surface area contributed by atoms with Crippen LogP contribution in [0, 0.1) is 5.82 Å². The maximum Gasteiger partial charge on any atom is 0.125 e. The van der Waals surface area contributed by atoms with E-state index in [1.807, 2.05) is 12.1 Å². The third kappa shape index (κ3) is 3.85. The van der Waals surface area contributed by atoms with Gasteiger partial charge in [-0.25, -0.2) is 4.39 Å². The van der Waals surface area contributed by atoms with Crippen molar-refractivity contribution in [3.05, 3.63) is 53.7 Å². The molecule has 0 amide bonds. The number of benzene rings is 1. The lowest BCUT2D eigenvalue weighted by atomic mass is 10.1. The lowest BCUT2D eigenvalue weighted by molar-refractivity contribution is 0.503. The summed E-state index contributed by atoms with van der Waals surface area (Å²) in [5, 5.41) is 3.43. The third-order valence-corrected chi connectivity index (χ3v) is 3.79. The molecule has 112 valence electrons. The molecule has 1 saturated carbocycles. The van der Waals surface area contributed by atoms with E-state index in [1.165, 1.54) is 12.8 Å². The van der Waals surface area contributed by atoms with Gasteiger partial charge in [0.1, 0.15) is 11.6 Å². The molecule has 3 rings (SSSR count). The summed E-state index contributed by atoms with van der Waals surface area (Å²) in [5.74, 6) is 0.705. The van der Waals surface area contributed by atoms with Crippen molar-refractivity contribution in [2.24, 2.45) is 0 Å². The fourth-order valence-electron chi connectivity index (χ4n) is 2.44. The normalized spacial score (nSPS) is 14.4. The number of halogens is 1. The van der Waals surface area contributed by atoms with E-state index in [0.29, 0.717) is 12.6 Å². The molecule has 1 heterocycles. The lowest BCUT2D eigenvalue weighted by Gasteiger charge is -2.23. The minimum absolute atomic E-state index is 0.182. The van der Waals surface area contributed by atoms with Crippen LogP contribution < -0.4 is 10.2 Å². The molecular formula is C17H21FN2O. The number of rotatable bonds is 7. The fraction of sp³-hybridized carbons (Fsp3) is 0.412. The average molecular weight is 288 g/mol. The summed E-state index contributed by atoms with van der Waals surface area (Å²) < 4.78 is 19.3. The summed E-state index contributed by atoms with van der Waals surface area (Å²) in [6.07, 6.45) is 4.14. The van der Waals surface area contributed by atoms with Crippen LogP contribution in [-0.2, 0) is 13.1 Å². The first-order valence-electron chi connectivity index (χ1n) is 7.55. The summed E-state index contributed by atoms with van der Waals surface area (Å²) >= 11 is 0. The van der Waals surface area contributed by atoms with E-state index in [-0.39, 0.29) is 5.82 Å². The van der Waals surface area contributed by atoms with Crippen molar-refractivity contribution >= 4 is 5.69 Å². The van der Waals surface area contributed by atoms with Crippen LogP contribution in [-0.4, -0.2) is 12.6 Å². The first kappa shape index (κ1) is 14.1. The summed E-state index contributed by atoms with van der Waals surface area (Å²) in [4.78, 5) is 2.11. The number of nitrogens with one attached hydrogen (secondary N) is 1. The summed E-state index contributed by atoms with van der Waals surface area (Å²) in [6.45, 7) is 4.26. The van der Waals surface area contributed by atoms with Gasteiger partial charge in [-0.05, 0) is 55.7 Å². The van der Waals surface area contributed by atoms with Crippen LogP contribution in [0.5, 0.6) is 0 Å². The van der Waals surface area contributed by atoms with E-state index in [9.17, 15) is 4.39 Å². The Morgan fingerprint density at radius 3 is 2.86 bits per heavy atom. The zero-order valence-corrected chi connectivity index (χ0v) is 12.3. The van der Waals surface area contributed by atoms with Crippen molar-refractivity contribution in [2.75, 3.05) is 11.4 Å². The predicted octanol–water partition coefficient (Wildman–Crippen LogP) is 3.70. The van der Waals surface area contributed by atoms with Gasteiger partial charge in [-0.1, -0.05) is 0 Å². The van der Waals surface area contributed by atoms with Crippen molar-refractivity contribution in [3.8, 4) is 0 Å². The quantitative estimate of drug-likeness (QED) is 0.842. The van der Waals surface area contributed by atoms with Gasteiger partial charge in [0.05, 0.1) is 12.8 Å². The second-order valence-electron chi connectivity index (χ2n) is 5.57. The minimum atomic E-state index is -0.182. The molecule has 1 aliphatic rings. The van der Waals surface area contributed by atoms with E-state index in [0.717, 1.165) is 30.1 Å². The molecule has 0 aliphatic heterocycles. The van der Waals surface area contributed by atoms with Gasteiger partial charge in [0.2, 0.25) is 0 Å². The molecule has 1 aromatic heterocycles. The van der Waals surface area contributed by atoms with Gasteiger partial charge in [-0.2, -0.15) is 0 Å². The Morgan fingerprint density at radius 1 is 1.33 bits per heavy atom. The SMILES string of the molecule is CCN(Cc1ccco1)c1cc(F)cc(CNC2CC2)c1. The molecule has 4 heteroatoms. The van der Waals surface area contributed by atoms with E-state index in [2.05, 4.69) is 23.2 Å². The Balaban J connectivity index is 1.74. The fourth-order valence-corrected chi connectivity index (χ4v) is 2.44. The number of hydrogen-bond donors (Lipinski definition) is 1. The third-order valence-electron chi connectivity index (χ3n) is 3.79. The van der Waals surface area contributed by atoms with E-state index < -0.39 is 0 Å². The monoisotopic (exact) mass is 288 g/mol. The van der Waals surface area contributed by atoms with Crippen LogP contribution in [0.4, 0.5) is 10.1 Å². The maximum absolute atomic E-state index is 13.9. The van der Waals surface area contributed by atoms with Gasteiger partial charge in [0.25, 0.3) is 0 Å². The molecule has 0 radical (unpaired) electrons. The molecule has 1 N–H and O–H groups in total. The van der Waals surface area contributed by atoms with Gasteiger partial charge < -0.3 is 14.6 Å². The Morgan fingerprint density at radius 2 is 2.19 bits per heavy atom. The Labute approximate surface area is 124 Å². The molecule has 2 aromatic rings. The zero-order chi connectivity index (χ0) is 14.7. The number of hydrogen-bond acceptors (Lipinski definition) is 3. The molecule has 1 aliphatic carbocycles. The number of anilines is 1. The zero-order valence-electron chi connectivity index (χ0n) is 12.3. The average Bonchev–Trinajstić information content (AvgIpc) is 3.17. The highest BCUT2D eigenvalue weighted by atomic mass is 19.1. The molecule has 3 nitrogen and oxygen atoms in total. The van der Waals surface area contributed by atoms with Gasteiger partial charge >= 0.3 is 0 Å². The Hall–Kier alpha value is -1.81. The minimum Gasteiger partial charge on any atom is -0.467 e. The summed E-state index contributed by atoms with van der Waals surface area (Å²) in [5.41, 5.74) is 1.90. The van der Waals surface area contributed by atoms with E-state index in [1.54, 1.807) is 18.4 Å². The largest absolute Gasteiger partial charge is 0.467 e. The van der Waals surface area contributed by atoms with E-state index >= 15 is 0 Å². The maximum atomic E-state index is 13.9. The highest BCUT2D eigenvalue weighted by Crippen LogP contribution is 2.23. The molecule has 21 heavy (non-hydrogen) atoms. The van der Waals surface area contributed by atoms with Gasteiger partial charge in [-0.15, -0.1) is 0 Å². The van der Waals surface area contributed by atoms with E-state index in [4.69, 9.17) is 4.42 Å². The second-order valence-corrected chi connectivity index (χ2v) is 5.57. The van der Waals surface area contributed by atoms with Crippen LogP contribution >= 0.6 is 0 Å². The standard InChI is InChI=1S/C17H21FN2O/c1-2-20(12-17-4-3-7-21-17)16-9-13(8-14(18)10-16)11-19-15-5-6-15/h3-4,7-10,15,19H,2,5-6,11-12H2,1H3. The van der Waals surface area contributed by atoms with Crippen molar-refractivity contribution in [2.45, 2.75) is 38.9 Å². The smallest absolute Gasteiger partial charge is 0.125 e. The molecular weight excluding hydrogens is 267 g/mol. The van der Waals surface area contributed by atoms with Gasteiger partial charge in [0, 0.05) is 24.8 Å². The van der Waals surface area contributed by atoms with Crippen molar-refractivity contribution in [1.82, 2.24) is 5.32 Å². The van der Waals surface area contributed by atoms with Gasteiger partial charge in [0.15, 0.2) is 0 Å². The number of furan rings is 1. The van der Waals surface area contributed by atoms with Crippen molar-refractivity contribution < 1.29 is 8.81 Å². The second kappa shape index (κ2) is 6.31. The molecule has 0 bridgehead atoms. The number of nitrogens with zero attached hydrogens (tertiary/aromatic N) is 1. The topological polar surface area (TPSA) is 28.4 Å². The summed E-state index contributed by atoms with van der Waals surface area (Å²) in [6, 6.07) is 9.71. The van der Waals surface area contributed by atoms with Crippen molar-refractivity contribution in [3.63, 3.8) is 0 Å². The Kier molecular flexibility index (Phi) is 4.25. The first-order valence-corrected chi connectivity index (χ1v) is 7.55. The summed E-state index contributed by atoms with van der Waals surface area (Å²) in [7, 11) is 0. The molecule has 0 unspecified atom stereocenters. The Bertz CT molecular complexity index is 578. The molecule has 1 fully saturated rings. The van der Waals surface area contributed by atoms with Crippen LogP contribution in [0.15, 0.2) is 41.0 Å². The highest BCUT2D eigenvalue weighted by molar-refractivity contribution is 5.49. The molecule has 0 atom stereocenters. The van der Waals surface area contributed by atoms with Gasteiger partial charge in [-0.3, -0.25) is 0 Å². The molecule has 1 aromatic carbocycles. The van der Waals surface area contributed by atoms with Crippen molar-refractivity contribution in [1.29, 1.82) is 0 Å². The van der Waals surface area contributed by atoms with Crippen LogP contribution in [0.25, 0.3) is 0 Å².